The minimum Gasteiger partial charge on any atom is -0.497 e. The summed E-state index contributed by atoms with van der Waals surface area (Å²) >= 11 is 0. The lowest BCUT2D eigenvalue weighted by Gasteiger charge is -2.08. The molecule has 0 aliphatic heterocycles. The van der Waals surface area contributed by atoms with Crippen LogP contribution in [0.15, 0.2) is 70.0 Å². The third kappa shape index (κ3) is 5.82. The molecule has 0 atom stereocenters. The summed E-state index contributed by atoms with van der Waals surface area (Å²) < 4.78 is 27.7. The fourth-order valence-corrected chi connectivity index (χ4v) is 3.09. The number of ether oxygens (including phenoxy) is 4. The quantitative estimate of drug-likeness (QED) is 0.314. The van der Waals surface area contributed by atoms with Crippen LogP contribution in [0.4, 0.5) is 0 Å². The first-order valence-corrected chi connectivity index (χ1v) is 10.6. The van der Waals surface area contributed by atoms with Gasteiger partial charge >= 0.3 is 5.97 Å². The molecule has 11 heteroatoms. The summed E-state index contributed by atoms with van der Waals surface area (Å²) in [5.74, 6) is 1.38. The van der Waals surface area contributed by atoms with E-state index in [1.54, 1.807) is 37.4 Å². The van der Waals surface area contributed by atoms with Crippen LogP contribution in [0.25, 0.3) is 11.4 Å². The largest absolute Gasteiger partial charge is 0.497 e. The van der Waals surface area contributed by atoms with Gasteiger partial charge in [-0.2, -0.15) is 10.1 Å². The molecule has 4 aromatic rings. The van der Waals surface area contributed by atoms with E-state index in [0.29, 0.717) is 22.8 Å². The summed E-state index contributed by atoms with van der Waals surface area (Å²) in [6, 6.07) is 16.9. The van der Waals surface area contributed by atoms with E-state index in [4.69, 9.17) is 23.5 Å². The average Bonchev–Trinajstić information content (AvgIpc) is 3.37. The van der Waals surface area contributed by atoms with Crippen molar-refractivity contribution >= 4 is 5.97 Å². The zero-order valence-corrected chi connectivity index (χ0v) is 19.0. The number of rotatable bonds is 10. The number of esters is 1. The van der Waals surface area contributed by atoms with Crippen LogP contribution >= 0.6 is 0 Å². The molecule has 4 rings (SSSR count). The first kappa shape index (κ1) is 23.5. The lowest BCUT2D eigenvalue weighted by Crippen LogP contribution is -2.27. The lowest BCUT2D eigenvalue weighted by molar-refractivity contribution is 0.0419. The van der Waals surface area contributed by atoms with Gasteiger partial charge in [-0.3, -0.25) is 4.79 Å². The van der Waals surface area contributed by atoms with E-state index in [1.807, 2.05) is 18.2 Å². The van der Waals surface area contributed by atoms with Gasteiger partial charge in [0, 0.05) is 12.1 Å². The molecule has 0 radical (unpaired) electrons. The third-order valence-corrected chi connectivity index (χ3v) is 4.84. The maximum atomic E-state index is 12.5. The molecule has 180 valence electrons. The predicted octanol–water partition coefficient (Wildman–Crippen LogP) is 2.75. The molecule has 35 heavy (non-hydrogen) atoms. The summed E-state index contributed by atoms with van der Waals surface area (Å²) in [6.07, 6.45) is 0. The predicted molar refractivity (Wildman–Crippen MR) is 122 cm³/mol. The van der Waals surface area contributed by atoms with Gasteiger partial charge in [-0.25, -0.2) is 9.48 Å². The molecular weight excluding hydrogens is 456 g/mol. The fraction of sp³-hybridized carbons (Fsp3) is 0.208. The zero-order valence-electron chi connectivity index (χ0n) is 19.0. The summed E-state index contributed by atoms with van der Waals surface area (Å²) in [5.41, 5.74) is 0.176. The Balaban J connectivity index is 1.37. The van der Waals surface area contributed by atoms with Gasteiger partial charge in [0.15, 0.2) is 12.3 Å². The highest BCUT2D eigenvalue weighted by molar-refractivity contribution is 5.86. The Morgan fingerprint density at radius 3 is 2.60 bits per heavy atom. The van der Waals surface area contributed by atoms with Crippen LogP contribution in [0.1, 0.15) is 16.4 Å². The first-order chi connectivity index (χ1) is 17.1. The summed E-state index contributed by atoms with van der Waals surface area (Å²) in [5, 5.41) is 7.97. The first-order valence-electron chi connectivity index (χ1n) is 10.6. The Bertz CT molecular complexity index is 1350. The number of hydrogen-bond donors (Lipinski definition) is 0. The van der Waals surface area contributed by atoms with Crippen molar-refractivity contribution in [3.63, 3.8) is 0 Å². The fourth-order valence-electron chi connectivity index (χ4n) is 3.09. The van der Waals surface area contributed by atoms with Crippen LogP contribution in [0, 0.1) is 0 Å². The molecule has 0 fully saturated rings. The highest BCUT2D eigenvalue weighted by Crippen LogP contribution is 2.31. The second-order valence-corrected chi connectivity index (χ2v) is 7.10. The SMILES string of the molecule is COc1ccc(-c2noc(COC(=O)c3ccc(=O)n(CCOc4ccccc4)n3)n2)c(OC)c1. The number of nitrogens with zero attached hydrogens (tertiary/aromatic N) is 4. The smallest absolute Gasteiger partial charge is 0.359 e. The summed E-state index contributed by atoms with van der Waals surface area (Å²) in [7, 11) is 3.07. The van der Waals surface area contributed by atoms with Crippen molar-refractivity contribution in [1.82, 2.24) is 19.9 Å². The zero-order chi connectivity index (χ0) is 24.6. The number of carbonyl (C=O) groups is 1. The molecule has 0 unspecified atom stereocenters. The molecule has 11 nitrogen and oxygen atoms in total. The van der Waals surface area contributed by atoms with Crippen LogP contribution < -0.4 is 19.8 Å². The Hall–Kier alpha value is -4.67. The van der Waals surface area contributed by atoms with Crippen molar-refractivity contribution in [3.8, 4) is 28.6 Å². The highest BCUT2D eigenvalue weighted by Gasteiger charge is 2.17. The van der Waals surface area contributed by atoms with Gasteiger partial charge < -0.3 is 23.5 Å². The Kier molecular flexibility index (Phi) is 7.36. The van der Waals surface area contributed by atoms with Crippen LogP contribution in [0.5, 0.6) is 17.2 Å². The summed E-state index contributed by atoms with van der Waals surface area (Å²) in [4.78, 5) is 28.8. The number of hydrogen-bond acceptors (Lipinski definition) is 10. The molecule has 0 aliphatic carbocycles. The van der Waals surface area contributed by atoms with E-state index in [-0.39, 0.29) is 42.7 Å². The van der Waals surface area contributed by atoms with Gasteiger partial charge in [0.1, 0.15) is 23.9 Å². The number of carbonyl (C=O) groups excluding carboxylic acids is 1. The second-order valence-electron chi connectivity index (χ2n) is 7.10. The van der Waals surface area contributed by atoms with Gasteiger partial charge in [-0.05, 0) is 30.3 Å². The van der Waals surface area contributed by atoms with Crippen molar-refractivity contribution in [1.29, 1.82) is 0 Å². The van der Waals surface area contributed by atoms with Crippen LogP contribution in [0.2, 0.25) is 0 Å². The standard InChI is InChI=1S/C24H22N4O7/c1-31-17-8-9-18(20(14-17)32-2)23-25-21(35-27-23)15-34-24(30)19-10-11-22(29)28(26-19)12-13-33-16-6-4-3-5-7-16/h3-11,14H,12-13,15H2,1-2H3. The van der Waals surface area contributed by atoms with Crippen LogP contribution in [-0.2, 0) is 17.9 Å². The van der Waals surface area contributed by atoms with E-state index in [9.17, 15) is 9.59 Å². The third-order valence-electron chi connectivity index (χ3n) is 4.84. The van der Waals surface area contributed by atoms with Crippen molar-refractivity contribution in [2.24, 2.45) is 0 Å². The Morgan fingerprint density at radius 1 is 1.00 bits per heavy atom. The van der Waals surface area contributed by atoms with Crippen LogP contribution in [-0.4, -0.2) is 46.7 Å². The molecule has 2 aromatic carbocycles. The molecule has 0 amide bonds. The van der Waals surface area contributed by atoms with Gasteiger partial charge in [0.25, 0.3) is 11.4 Å². The average molecular weight is 478 g/mol. The number of para-hydroxylation sites is 1. The van der Waals surface area contributed by atoms with Crippen molar-refractivity contribution in [2.75, 3.05) is 20.8 Å². The molecule has 0 saturated carbocycles. The molecular formula is C24H22N4O7. The summed E-state index contributed by atoms with van der Waals surface area (Å²) in [6.45, 7) is 0.0861. The molecule has 0 saturated heterocycles. The highest BCUT2D eigenvalue weighted by atomic mass is 16.6. The van der Waals surface area contributed by atoms with E-state index >= 15 is 0 Å². The number of aromatic nitrogens is 4. The molecule has 0 N–H and O–H groups in total. The van der Waals surface area contributed by atoms with Crippen LogP contribution in [0.3, 0.4) is 0 Å². The van der Waals surface area contributed by atoms with Gasteiger partial charge in [0.05, 0.1) is 26.3 Å². The van der Waals surface area contributed by atoms with Gasteiger partial charge in [-0.15, -0.1) is 0 Å². The van der Waals surface area contributed by atoms with E-state index in [1.165, 1.54) is 19.2 Å². The monoisotopic (exact) mass is 478 g/mol. The molecule has 0 bridgehead atoms. The minimum absolute atomic E-state index is 0.0409. The van der Waals surface area contributed by atoms with E-state index in [0.717, 1.165) is 4.68 Å². The second kappa shape index (κ2) is 11.0. The maximum Gasteiger partial charge on any atom is 0.359 e. The van der Waals surface area contributed by atoms with Crippen molar-refractivity contribution in [3.05, 3.63) is 82.6 Å². The molecule has 2 aromatic heterocycles. The van der Waals surface area contributed by atoms with Gasteiger partial charge in [-0.1, -0.05) is 23.4 Å². The van der Waals surface area contributed by atoms with Crippen molar-refractivity contribution < 1.29 is 28.3 Å². The normalized spacial score (nSPS) is 10.6. The Morgan fingerprint density at radius 2 is 1.83 bits per heavy atom. The lowest BCUT2D eigenvalue weighted by atomic mass is 10.2. The molecule has 0 aliphatic rings. The topological polar surface area (TPSA) is 128 Å². The number of methoxy groups -OCH3 is 2. The molecule has 0 spiro atoms. The van der Waals surface area contributed by atoms with Gasteiger partial charge in [0.2, 0.25) is 5.82 Å². The maximum absolute atomic E-state index is 12.5. The molecule has 2 heterocycles. The van der Waals surface area contributed by atoms with E-state index in [2.05, 4.69) is 15.2 Å². The minimum atomic E-state index is -0.746. The Labute approximate surface area is 199 Å². The van der Waals surface area contributed by atoms with Crippen molar-refractivity contribution in [2.45, 2.75) is 13.2 Å². The van der Waals surface area contributed by atoms with E-state index < -0.39 is 5.97 Å². The number of benzene rings is 2.